The summed E-state index contributed by atoms with van der Waals surface area (Å²) in [6.07, 6.45) is 14.7. The standard InChI is InChI=1S/C29H41NO4/c1-3-5-7-8-9-14-24-15-10-11-16-26(24)29-33-23-27(34-29)25-17-18-28(30-22-25)32-21-13-12-20-31-19-6-4-2/h10-11,15-18,22-23,29H,3-9,12-14,19-21H2,1-2H3. The van der Waals surface area contributed by atoms with E-state index in [0.717, 1.165) is 50.0 Å². The molecule has 2 aromatic rings. The van der Waals surface area contributed by atoms with Crippen molar-refractivity contribution in [3.8, 4) is 5.88 Å². The van der Waals surface area contributed by atoms with Gasteiger partial charge in [0.05, 0.1) is 6.61 Å². The molecule has 1 aliphatic heterocycles. The van der Waals surface area contributed by atoms with Crippen LogP contribution in [0.2, 0.25) is 0 Å². The average molecular weight is 468 g/mol. The Morgan fingerprint density at radius 1 is 0.824 bits per heavy atom. The maximum Gasteiger partial charge on any atom is 0.267 e. The monoisotopic (exact) mass is 467 g/mol. The molecule has 3 rings (SSSR count). The van der Waals surface area contributed by atoms with Crippen LogP contribution in [0.15, 0.2) is 48.9 Å². The quantitative estimate of drug-likeness (QED) is 0.224. The van der Waals surface area contributed by atoms with Crippen molar-refractivity contribution in [2.45, 2.75) is 84.3 Å². The molecule has 1 atom stereocenters. The van der Waals surface area contributed by atoms with Gasteiger partial charge < -0.3 is 18.9 Å². The predicted molar refractivity (Wildman–Crippen MR) is 136 cm³/mol. The zero-order chi connectivity index (χ0) is 23.8. The minimum atomic E-state index is -0.405. The highest BCUT2D eigenvalue weighted by atomic mass is 16.7. The minimum absolute atomic E-state index is 0.405. The van der Waals surface area contributed by atoms with Crippen molar-refractivity contribution in [3.05, 3.63) is 65.5 Å². The van der Waals surface area contributed by atoms with E-state index in [4.69, 9.17) is 18.9 Å². The minimum Gasteiger partial charge on any atom is -0.478 e. The van der Waals surface area contributed by atoms with Crippen LogP contribution >= 0.6 is 0 Å². The normalized spacial score (nSPS) is 15.0. The molecule has 0 bridgehead atoms. The molecule has 186 valence electrons. The van der Waals surface area contributed by atoms with Crippen molar-refractivity contribution >= 4 is 5.76 Å². The fourth-order valence-corrected chi connectivity index (χ4v) is 3.92. The third kappa shape index (κ3) is 8.68. The lowest BCUT2D eigenvalue weighted by Gasteiger charge is -2.16. The van der Waals surface area contributed by atoms with Crippen LogP contribution in [-0.4, -0.2) is 24.8 Å². The second kappa shape index (κ2) is 15.4. The molecular formula is C29H41NO4. The summed E-state index contributed by atoms with van der Waals surface area (Å²) in [5.41, 5.74) is 3.29. The largest absolute Gasteiger partial charge is 0.478 e. The van der Waals surface area contributed by atoms with Crippen molar-refractivity contribution in [2.75, 3.05) is 19.8 Å². The summed E-state index contributed by atoms with van der Waals surface area (Å²) < 4.78 is 23.4. The summed E-state index contributed by atoms with van der Waals surface area (Å²) in [6, 6.07) is 12.3. The smallest absolute Gasteiger partial charge is 0.267 e. The number of benzene rings is 1. The molecule has 0 amide bonds. The predicted octanol–water partition coefficient (Wildman–Crippen LogP) is 7.61. The van der Waals surface area contributed by atoms with Crippen LogP contribution in [0.3, 0.4) is 0 Å². The maximum absolute atomic E-state index is 6.16. The van der Waals surface area contributed by atoms with Crippen molar-refractivity contribution in [3.63, 3.8) is 0 Å². The Kier molecular flexibility index (Phi) is 11.8. The van der Waals surface area contributed by atoms with Gasteiger partial charge >= 0.3 is 0 Å². The molecule has 5 heteroatoms. The first-order valence-electron chi connectivity index (χ1n) is 13.1. The van der Waals surface area contributed by atoms with Crippen LogP contribution < -0.4 is 4.74 Å². The molecule has 0 fully saturated rings. The number of rotatable bonds is 17. The van der Waals surface area contributed by atoms with Crippen LogP contribution in [-0.2, 0) is 20.6 Å². The van der Waals surface area contributed by atoms with E-state index in [0.29, 0.717) is 18.2 Å². The zero-order valence-electron chi connectivity index (χ0n) is 21.0. The highest BCUT2D eigenvalue weighted by Gasteiger charge is 2.25. The highest BCUT2D eigenvalue weighted by Crippen LogP contribution is 2.35. The number of hydrogen-bond donors (Lipinski definition) is 0. The molecule has 1 aromatic heterocycles. The summed E-state index contributed by atoms with van der Waals surface area (Å²) in [7, 11) is 0. The van der Waals surface area contributed by atoms with Gasteiger partial charge in [-0.3, -0.25) is 0 Å². The molecule has 0 saturated carbocycles. The third-order valence-electron chi connectivity index (χ3n) is 5.99. The third-order valence-corrected chi connectivity index (χ3v) is 5.99. The molecule has 5 nitrogen and oxygen atoms in total. The van der Waals surface area contributed by atoms with E-state index < -0.39 is 6.29 Å². The summed E-state index contributed by atoms with van der Waals surface area (Å²) >= 11 is 0. The van der Waals surface area contributed by atoms with Crippen LogP contribution in [0.4, 0.5) is 0 Å². The number of hydrogen-bond acceptors (Lipinski definition) is 5. The Balaban J connectivity index is 1.42. The van der Waals surface area contributed by atoms with Crippen LogP contribution in [0.25, 0.3) is 5.76 Å². The van der Waals surface area contributed by atoms with E-state index in [9.17, 15) is 0 Å². The van der Waals surface area contributed by atoms with Crippen molar-refractivity contribution in [1.29, 1.82) is 0 Å². The van der Waals surface area contributed by atoms with E-state index in [1.807, 2.05) is 18.2 Å². The van der Waals surface area contributed by atoms with E-state index in [1.165, 1.54) is 44.1 Å². The molecule has 0 aliphatic carbocycles. The van der Waals surface area contributed by atoms with Crippen molar-refractivity contribution in [2.24, 2.45) is 0 Å². The lowest BCUT2D eigenvalue weighted by Crippen LogP contribution is -2.04. The summed E-state index contributed by atoms with van der Waals surface area (Å²) in [4.78, 5) is 4.43. The zero-order valence-corrected chi connectivity index (χ0v) is 21.0. The number of pyridine rings is 1. The maximum atomic E-state index is 6.16. The molecule has 2 heterocycles. The first-order chi connectivity index (χ1) is 16.8. The molecule has 0 saturated heterocycles. The second-order valence-electron chi connectivity index (χ2n) is 8.84. The van der Waals surface area contributed by atoms with Gasteiger partial charge in [-0.1, -0.05) is 70.2 Å². The Labute approximate surface area is 205 Å². The number of nitrogens with zero attached hydrogens (tertiary/aromatic N) is 1. The van der Waals surface area contributed by atoms with Crippen LogP contribution in [0.1, 0.15) is 94.6 Å². The van der Waals surface area contributed by atoms with Gasteiger partial charge in [0, 0.05) is 36.6 Å². The van der Waals surface area contributed by atoms with Crippen molar-refractivity contribution < 1.29 is 18.9 Å². The number of aryl methyl sites for hydroxylation is 1. The van der Waals surface area contributed by atoms with E-state index in [1.54, 1.807) is 12.5 Å². The van der Waals surface area contributed by atoms with Gasteiger partial charge in [0.1, 0.15) is 6.26 Å². The van der Waals surface area contributed by atoms with Crippen molar-refractivity contribution in [1.82, 2.24) is 4.98 Å². The Morgan fingerprint density at radius 3 is 2.44 bits per heavy atom. The molecule has 0 spiro atoms. The average Bonchev–Trinajstić information content (AvgIpc) is 3.36. The lowest BCUT2D eigenvalue weighted by molar-refractivity contribution is -0.0177. The highest BCUT2D eigenvalue weighted by molar-refractivity contribution is 5.59. The number of ether oxygens (including phenoxy) is 4. The second-order valence-corrected chi connectivity index (χ2v) is 8.84. The van der Waals surface area contributed by atoms with Crippen LogP contribution in [0.5, 0.6) is 5.88 Å². The van der Waals surface area contributed by atoms with E-state index in [-0.39, 0.29) is 0 Å². The lowest BCUT2D eigenvalue weighted by atomic mass is 10.0. The first-order valence-corrected chi connectivity index (χ1v) is 13.1. The van der Waals surface area contributed by atoms with Crippen LogP contribution in [0, 0.1) is 0 Å². The molecular weight excluding hydrogens is 426 g/mol. The molecule has 1 aromatic carbocycles. The number of unbranched alkanes of at least 4 members (excludes halogenated alkanes) is 6. The van der Waals surface area contributed by atoms with Gasteiger partial charge in [-0.05, 0) is 43.7 Å². The molecule has 1 unspecified atom stereocenters. The van der Waals surface area contributed by atoms with Gasteiger partial charge in [0.15, 0.2) is 5.76 Å². The first kappa shape index (κ1) is 26.1. The van der Waals surface area contributed by atoms with Gasteiger partial charge in [0.2, 0.25) is 5.88 Å². The van der Waals surface area contributed by atoms with Gasteiger partial charge in [0.25, 0.3) is 6.29 Å². The summed E-state index contributed by atoms with van der Waals surface area (Å²) in [6.45, 7) is 6.71. The Hall–Kier alpha value is -2.53. The molecule has 1 aliphatic rings. The topological polar surface area (TPSA) is 49.8 Å². The number of aromatic nitrogens is 1. The summed E-state index contributed by atoms with van der Waals surface area (Å²) in [5.74, 6) is 1.33. The van der Waals surface area contributed by atoms with Gasteiger partial charge in [-0.25, -0.2) is 4.98 Å². The Morgan fingerprint density at radius 2 is 1.62 bits per heavy atom. The molecule has 0 N–H and O–H groups in total. The summed E-state index contributed by atoms with van der Waals surface area (Å²) in [5, 5.41) is 0. The molecule has 0 radical (unpaired) electrons. The van der Waals surface area contributed by atoms with Gasteiger partial charge in [-0.2, -0.15) is 0 Å². The fraction of sp³-hybridized carbons (Fsp3) is 0.552. The van der Waals surface area contributed by atoms with Gasteiger partial charge in [-0.15, -0.1) is 0 Å². The van der Waals surface area contributed by atoms with E-state index >= 15 is 0 Å². The Bertz CT molecular complexity index is 849. The SMILES string of the molecule is CCCCCCCc1ccccc1C1OC=C(c2ccc(OCCCCOCCCC)nc2)O1. The fourth-order valence-electron chi connectivity index (χ4n) is 3.92. The molecule has 34 heavy (non-hydrogen) atoms. The van der Waals surface area contributed by atoms with E-state index in [2.05, 4.69) is 37.0 Å².